The van der Waals surface area contributed by atoms with Crippen molar-refractivity contribution in [3.8, 4) is 0 Å². The van der Waals surface area contributed by atoms with Crippen LogP contribution in [0.5, 0.6) is 0 Å². The van der Waals surface area contributed by atoms with E-state index in [2.05, 4.69) is 30.7 Å². The van der Waals surface area contributed by atoms with Crippen molar-refractivity contribution in [2.24, 2.45) is 5.92 Å². The second kappa shape index (κ2) is 8.65. The van der Waals surface area contributed by atoms with E-state index in [1.807, 2.05) is 48.8 Å². The lowest BCUT2D eigenvalue weighted by atomic mass is 9.97. The minimum atomic E-state index is -0.0672. The van der Waals surface area contributed by atoms with Crippen molar-refractivity contribution < 1.29 is 4.79 Å². The summed E-state index contributed by atoms with van der Waals surface area (Å²) in [5, 5.41) is 4.98. The first-order valence-corrected chi connectivity index (χ1v) is 12.0. The molecule has 0 bridgehead atoms. The van der Waals surface area contributed by atoms with Gasteiger partial charge in [0.1, 0.15) is 0 Å². The monoisotopic (exact) mass is 472 g/mol. The van der Waals surface area contributed by atoms with E-state index in [-0.39, 0.29) is 11.8 Å². The molecule has 0 aliphatic carbocycles. The number of benzene rings is 1. The quantitative estimate of drug-likeness (QED) is 0.392. The van der Waals surface area contributed by atoms with Gasteiger partial charge in [-0.2, -0.15) is 0 Å². The molecule has 1 saturated heterocycles. The van der Waals surface area contributed by atoms with Crippen LogP contribution in [-0.2, 0) is 11.2 Å². The molecule has 1 atom stereocenters. The smallest absolute Gasteiger partial charge is 0.224 e. The number of nitrogens with zero attached hydrogens (tertiary/aromatic N) is 4. The van der Waals surface area contributed by atoms with E-state index in [1.165, 1.54) is 0 Å². The Morgan fingerprint density at radius 3 is 3.06 bits per heavy atom. The van der Waals surface area contributed by atoms with Gasteiger partial charge >= 0.3 is 0 Å². The molecule has 4 aromatic heterocycles. The van der Waals surface area contributed by atoms with Crippen LogP contribution in [0.15, 0.2) is 61.1 Å². The number of pyridine rings is 1. The zero-order valence-corrected chi connectivity index (χ0v) is 19.4. The number of piperidine rings is 1. The number of carbonyl (C=O) groups excluding carboxylic acids is 1. The van der Waals surface area contributed by atoms with Crippen LogP contribution in [-0.4, -0.2) is 44.9 Å². The summed E-state index contributed by atoms with van der Waals surface area (Å²) in [6.45, 7) is 2.13. The molecule has 5 heterocycles. The summed E-state index contributed by atoms with van der Waals surface area (Å²) in [5.74, 6) is 0.930. The van der Waals surface area contributed by atoms with Gasteiger partial charge in [0.25, 0.3) is 0 Å². The number of rotatable bonds is 5. The van der Waals surface area contributed by atoms with Gasteiger partial charge in [0.15, 0.2) is 11.5 Å². The third kappa shape index (κ3) is 3.76. The van der Waals surface area contributed by atoms with Crippen LogP contribution in [0.25, 0.3) is 27.6 Å². The predicted octanol–water partition coefficient (Wildman–Crippen LogP) is 4.59. The summed E-state index contributed by atoms with van der Waals surface area (Å²) in [4.78, 5) is 27.9. The Kier molecular flexibility index (Phi) is 5.34. The maximum absolute atomic E-state index is 13.0. The zero-order chi connectivity index (χ0) is 23.1. The van der Waals surface area contributed by atoms with E-state index in [9.17, 15) is 4.79 Å². The highest BCUT2D eigenvalue weighted by Crippen LogP contribution is 2.28. The van der Waals surface area contributed by atoms with E-state index in [0.29, 0.717) is 23.8 Å². The molecule has 1 amide bonds. The Morgan fingerprint density at radius 1 is 1.21 bits per heavy atom. The van der Waals surface area contributed by atoms with Gasteiger partial charge < -0.3 is 19.6 Å². The van der Waals surface area contributed by atoms with Crippen LogP contribution in [0.3, 0.4) is 0 Å². The van der Waals surface area contributed by atoms with Gasteiger partial charge in [-0.1, -0.05) is 11.6 Å². The minimum Gasteiger partial charge on any atom is -0.361 e. The predicted molar refractivity (Wildman–Crippen MR) is 135 cm³/mol. The molecule has 1 unspecified atom stereocenters. The molecule has 1 aliphatic heterocycles. The van der Waals surface area contributed by atoms with Crippen molar-refractivity contribution in [1.29, 1.82) is 0 Å². The first kappa shape index (κ1) is 21.0. The van der Waals surface area contributed by atoms with Crippen molar-refractivity contribution in [1.82, 2.24) is 24.7 Å². The number of fused-ring (bicyclic) bond motifs is 4. The third-order valence-electron chi connectivity index (χ3n) is 6.73. The highest BCUT2D eigenvalue weighted by Gasteiger charge is 2.28. The molecule has 34 heavy (non-hydrogen) atoms. The van der Waals surface area contributed by atoms with Gasteiger partial charge in [0, 0.05) is 54.2 Å². The number of nitrogens with one attached hydrogen (secondary N) is 2. The lowest BCUT2D eigenvalue weighted by molar-refractivity contribution is -0.125. The van der Waals surface area contributed by atoms with Crippen LogP contribution in [0, 0.1) is 5.92 Å². The fraction of sp³-hybridized carbons (Fsp3) is 0.269. The summed E-state index contributed by atoms with van der Waals surface area (Å²) in [6.07, 6.45) is 8.39. The Balaban J connectivity index is 1.16. The van der Waals surface area contributed by atoms with Gasteiger partial charge in [-0.25, -0.2) is 9.97 Å². The number of aromatic nitrogens is 4. The number of carbonyl (C=O) groups is 1. The molecule has 1 fully saturated rings. The molecule has 1 aliphatic rings. The van der Waals surface area contributed by atoms with E-state index < -0.39 is 0 Å². The molecule has 0 saturated carbocycles. The fourth-order valence-corrected chi connectivity index (χ4v) is 5.20. The van der Waals surface area contributed by atoms with Crippen LogP contribution in [0.2, 0.25) is 5.02 Å². The highest BCUT2D eigenvalue weighted by atomic mass is 35.5. The Morgan fingerprint density at radius 2 is 2.12 bits per heavy atom. The number of hydrogen-bond donors (Lipinski definition) is 2. The SMILES string of the molecule is O=C(NCCc1c[nH]c2ccc(Cl)cc12)C1CCCN(c2nc3ncccc3n3cccc23)C1. The summed E-state index contributed by atoms with van der Waals surface area (Å²) in [5.41, 5.74) is 4.96. The molecule has 0 radical (unpaired) electrons. The first-order valence-electron chi connectivity index (χ1n) is 11.7. The number of aromatic amines is 1. The van der Waals surface area contributed by atoms with Crippen molar-refractivity contribution in [2.45, 2.75) is 19.3 Å². The Labute approximate surface area is 201 Å². The van der Waals surface area contributed by atoms with E-state index in [4.69, 9.17) is 16.6 Å². The van der Waals surface area contributed by atoms with E-state index in [1.54, 1.807) is 6.20 Å². The van der Waals surface area contributed by atoms with Crippen LogP contribution >= 0.6 is 11.6 Å². The molecule has 0 spiro atoms. The molecule has 172 valence electrons. The average molecular weight is 473 g/mol. The zero-order valence-electron chi connectivity index (χ0n) is 18.7. The topological polar surface area (TPSA) is 78.3 Å². The van der Waals surface area contributed by atoms with Crippen molar-refractivity contribution >= 4 is 50.9 Å². The summed E-state index contributed by atoms with van der Waals surface area (Å²) in [6, 6.07) is 13.9. The van der Waals surface area contributed by atoms with Gasteiger partial charge in [-0.05, 0) is 67.3 Å². The van der Waals surface area contributed by atoms with Gasteiger partial charge in [0.05, 0.1) is 17.0 Å². The number of hydrogen-bond acceptors (Lipinski definition) is 4. The number of anilines is 1. The normalized spacial score (nSPS) is 16.5. The maximum atomic E-state index is 13.0. The molecule has 6 rings (SSSR count). The Hall–Kier alpha value is -3.58. The van der Waals surface area contributed by atoms with Crippen molar-refractivity contribution in [2.75, 3.05) is 24.5 Å². The van der Waals surface area contributed by atoms with Gasteiger partial charge in [-0.3, -0.25) is 4.79 Å². The summed E-state index contributed by atoms with van der Waals surface area (Å²) >= 11 is 6.16. The lowest BCUT2D eigenvalue weighted by Crippen LogP contribution is -2.44. The largest absolute Gasteiger partial charge is 0.361 e. The minimum absolute atomic E-state index is 0.0672. The lowest BCUT2D eigenvalue weighted by Gasteiger charge is -2.33. The molecule has 8 heteroatoms. The molecule has 7 nitrogen and oxygen atoms in total. The maximum Gasteiger partial charge on any atom is 0.224 e. The first-order chi connectivity index (χ1) is 16.7. The third-order valence-corrected chi connectivity index (χ3v) is 6.97. The van der Waals surface area contributed by atoms with Crippen LogP contribution in [0.1, 0.15) is 18.4 Å². The molecule has 2 N–H and O–H groups in total. The van der Waals surface area contributed by atoms with E-state index in [0.717, 1.165) is 59.1 Å². The van der Waals surface area contributed by atoms with Crippen molar-refractivity contribution in [3.05, 3.63) is 71.6 Å². The van der Waals surface area contributed by atoms with Crippen LogP contribution in [0.4, 0.5) is 5.82 Å². The Bertz CT molecular complexity index is 1510. The molecular formula is C26H25ClN6O. The van der Waals surface area contributed by atoms with Gasteiger partial charge in [0.2, 0.25) is 5.91 Å². The molecular weight excluding hydrogens is 448 g/mol. The second-order valence-corrected chi connectivity index (χ2v) is 9.31. The standard InChI is InChI=1S/C26H25ClN6O/c27-19-7-8-21-20(14-19)17(15-30-21)9-11-29-26(34)18-4-2-12-32(16-18)25-23-6-3-13-33(23)22-5-1-10-28-24(22)31-25/h1,3,5-8,10,13-15,18,30H,2,4,9,11-12,16H2,(H,29,34). The summed E-state index contributed by atoms with van der Waals surface area (Å²) < 4.78 is 2.13. The van der Waals surface area contributed by atoms with Gasteiger partial charge in [-0.15, -0.1) is 0 Å². The second-order valence-electron chi connectivity index (χ2n) is 8.87. The molecule has 5 aromatic rings. The van der Waals surface area contributed by atoms with Crippen molar-refractivity contribution in [3.63, 3.8) is 0 Å². The number of halogens is 1. The average Bonchev–Trinajstić information content (AvgIpc) is 3.51. The molecule has 1 aromatic carbocycles. The van der Waals surface area contributed by atoms with Crippen LogP contribution < -0.4 is 10.2 Å². The number of amides is 1. The number of H-pyrrole nitrogens is 1. The fourth-order valence-electron chi connectivity index (χ4n) is 5.03. The summed E-state index contributed by atoms with van der Waals surface area (Å²) in [7, 11) is 0. The highest BCUT2D eigenvalue weighted by molar-refractivity contribution is 6.31. The van der Waals surface area contributed by atoms with E-state index >= 15 is 0 Å².